The van der Waals surface area contributed by atoms with Gasteiger partial charge in [-0.15, -0.1) is 0 Å². The van der Waals surface area contributed by atoms with Gasteiger partial charge in [-0.3, -0.25) is 4.68 Å². The number of hydrogen-bond acceptors (Lipinski definition) is 2. The van der Waals surface area contributed by atoms with Crippen LogP contribution in [0.1, 0.15) is 12.6 Å². The van der Waals surface area contributed by atoms with Crippen molar-refractivity contribution in [2.75, 3.05) is 5.73 Å². The number of benzene rings is 1. The Morgan fingerprint density at radius 1 is 1.38 bits per heavy atom. The Bertz CT molecular complexity index is 517. The van der Waals surface area contributed by atoms with E-state index in [1.165, 1.54) is 12.1 Å². The molecule has 1 aromatic heterocycles. The topological polar surface area (TPSA) is 43.8 Å². The first-order chi connectivity index (χ1) is 7.63. The number of halogens is 1. The van der Waals surface area contributed by atoms with Gasteiger partial charge in [0, 0.05) is 29.1 Å². The normalized spacial score (nSPS) is 10.7. The summed E-state index contributed by atoms with van der Waals surface area (Å²) in [5, 5.41) is 4.24. The van der Waals surface area contributed by atoms with Gasteiger partial charge in [-0.25, -0.2) is 4.39 Å². The van der Waals surface area contributed by atoms with E-state index < -0.39 is 0 Å². The van der Waals surface area contributed by atoms with Crippen molar-refractivity contribution in [2.24, 2.45) is 0 Å². The number of nitrogen functional groups attached to an aromatic ring is 1. The van der Waals surface area contributed by atoms with Gasteiger partial charge >= 0.3 is 0 Å². The highest BCUT2D eigenvalue weighted by Gasteiger charge is 2.10. The van der Waals surface area contributed by atoms with Gasteiger partial charge in [0.05, 0.1) is 6.20 Å². The van der Waals surface area contributed by atoms with Crippen LogP contribution in [0.4, 0.5) is 10.1 Å². The zero-order valence-electron chi connectivity index (χ0n) is 9.37. The molecule has 0 amide bonds. The molecule has 0 aliphatic rings. The van der Waals surface area contributed by atoms with Crippen molar-refractivity contribution in [1.29, 1.82) is 0 Å². The molecule has 3 nitrogen and oxygen atoms in total. The van der Waals surface area contributed by atoms with E-state index in [4.69, 9.17) is 5.73 Å². The van der Waals surface area contributed by atoms with Crippen LogP contribution in [0, 0.1) is 12.7 Å². The zero-order chi connectivity index (χ0) is 11.7. The molecule has 0 spiro atoms. The average Bonchev–Trinajstić information content (AvgIpc) is 2.60. The summed E-state index contributed by atoms with van der Waals surface area (Å²) >= 11 is 0. The Morgan fingerprint density at radius 3 is 2.69 bits per heavy atom. The lowest BCUT2D eigenvalue weighted by atomic mass is 10.0. The predicted molar refractivity (Wildman–Crippen MR) is 62.4 cm³/mol. The highest BCUT2D eigenvalue weighted by molar-refractivity contribution is 5.77. The fraction of sp³-hybridized carbons (Fsp3) is 0.250. The standard InChI is InChI=1S/C12H14FN3/c1-3-16-8(2)11(7-15-16)10-5-4-9(13)6-12(10)14/h4-7H,3,14H2,1-2H3. The molecule has 84 valence electrons. The second-order valence-electron chi connectivity index (χ2n) is 3.69. The molecule has 2 N–H and O–H groups in total. The van der Waals surface area contributed by atoms with Gasteiger partial charge in [0.15, 0.2) is 0 Å². The number of hydrogen-bond donors (Lipinski definition) is 1. The summed E-state index contributed by atoms with van der Waals surface area (Å²) in [6.45, 7) is 4.82. The molecule has 0 aliphatic heterocycles. The molecule has 0 unspecified atom stereocenters. The minimum Gasteiger partial charge on any atom is -0.398 e. The summed E-state index contributed by atoms with van der Waals surface area (Å²) in [6.07, 6.45) is 1.77. The summed E-state index contributed by atoms with van der Waals surface area (Å²) in [4.78, 5) is 0. The Kier molecular flexibility index (Phi) is 2.64. The maximum absolute atomic E-state index is 12.9. The van der Waals surface area contributed by atoms with Gasteiger partial charge in [0.1, 0.15) is 5.82 Å². The molecular formula is C12H14FN3. The molecule has 4 heteroatoms. The number of nitrogens with zero attached hydrogens (tertiary/aromatic N) is 2. The molecule has 1 aromatic carbocycles. The van der Waals surface area contributed by atoms with E-state index >= 15 is 0 Å². The summed E-state index contributed by atoms with van der Waals surface area (Å²) in [6, 6.07) is 4.43. The Morgan fingerprint density at radius 2 is 2.12 bits per heavy atom. The van der Waals surface area contributed by atoms with Gasteiger partial charge < -0.3 is 5.73 Å². The third kappa shape index (κ3) is 1.66. The van der Waals surface area contributed by atoms with Gasteiger partial charge in [-0.1, -0.05) is 0 Å². The minimum absolute atomic E-state index is 0.318. The average molecular weight is 219 g/mol. The van der Waals surface area contributed by atoms with Crippen molar-refractivity contribution < 1.29 is 4.39 Å². The maximum Gasteiger partial charge on any atom is 0.125 e. The first kappa shape index (κ1) is 10.7. The van der Waals surface area contributed by atoms with E-state index in [0.29, 0.717) is 5.69 Å². The third-order valence-electron chi connectivity index (χ3n) is 2.71. The molecule has 0 fully saturated rings. The number of rotatable bonds is 2. The summed E-state index contributed by atoms with van der Waals surface area (Å²) in [5.41, 5.74) is 9.07. The lowest BCUT2D eigenvalue weighted by Crippen LogP contribution is -1.99. The lowest BCUT2D eigenvalue weighted by molar-refractivity contribution is 0.628. The molecule has 0 bridgehead atoms. The molecule has 2 aromatic rings. The van der Waals surface area contributed by atoms with E-state index in [9.17, 15) is 4.39 Å². The van der Waals surface area contributed by atoms with E-state index in [0.717, 1.165) is 23.4 Å². The zero-order valence-corrected chi connectivity index (χ0v) is 9.37. The second-order valence-corrected chi connectivity index (χ2v) is 3.69. The van der Waals surface area contributed by atoms with E-state index in [1.54, 1.807) is 12.3 Å². The van der Waals surface area contributed by atoms with Crippen LogP contribution in [-0.2, 0) is 6.54 Å². The smallest absolute Gasteiger partial charge is 0.125 e. The van der Waals surface area contributed by atoms with Crippen LogP contribution in [0.15, 0.2) is 24.4 Å². The quantitative estimate of drug-likeness (QED) is 0.789. The van der Waals surface area contributed by atoms with Gasteiger partial charge in [0.2, 0.25) is 0 Å². The molecule has 0 aliphatic carbocycles. The highest BCUT2D eigenvalue weighted by Crippen LogP contribution is 2.28. The van der Waals surface area contributed by atoms with Crippen molar-refractivity contribution in [3.05, 3.63) is 35.9 Å². The number of aryl methyl sites for hydroxylation is 1. The van der Waals surface area contributed by atoms with Crippen molar-refractivity contribution in [1.82, 2.24) is 9.78 Å². The van der Waals surface area contributed by atoms with E-state index in [2.05, 4.69) is 5.10 Å². The van der Waals surface area contributed by atoms with Crippen molar-refractivity contribution >= 4 is 5.69 Å². The van der Waals surface area contributed by atoms with Gasteiger partial charge in [-0.2, -0.15) is 5.10 Å². The third-order valence-corrected chi connectivity index (χ3v) is 2.71. The fourth-order valence-electron chi connectivity index (χ4n) is 1.81. The molecule has 0 atom stereocenters. The number of aromatic nitrogens is 2. The maximum atomic E-state index is 12.9. The van der Waals surface area contributed by atoms with Crippen LogP contribution in [0.3, 0.4) is 0 Å². The van der Waals surface area contributed by atoms with Crippen LogP contribution in [0.25, 0.3) is 11.1 Å². The molecule has 0 saturated carbocycles. The van der Waals surface area contributed by atoms with Crippen molar-refractivity contribution in [3.8, 4) is 11.1 Å². The van der Waals surface area contributed by atoms with Gasteiger partial charge in [-0.05, 0) is 32.0 Å². The Hall–Kier alpha value is -1.84. The minimum atomic E-state index is -0.318. The monoisotopic (exact) mass is 219 g/mol. The van der Waals surface area contributed by atoms with Gasteiger partial charge in [0.25, 0.3) is 0 Å². The van der Waals surface area contributed by atoms with Crippen LogP contribution >= 0.6 is 0 Å². The number of anilines is 1. The Balaban J connectivity index is 2.54. The summed E-state index contributed by atoms with van der Waals surface area (Å²) in [5.74, 6) is -0.318. The van der Waals surface area contributed by atoms with Crippen molar-refractivity contribution in [2.45, 2.75) is 20.4 Å². The molecule has 2 rings (SSSR count). The highest BCUT2D eigenvalue weighted by atomic mass is 19.1. The second kappa shape index (κ2) is 3.96. The molecular weight excluding hydrogens is 205 g/mol. The largest absolute Gasteiger partial charge is 0.398 e. The number of nitrogens with two attached hydrogens (primary N) is 1. The summed E-state index contributed by atoms with van der Waals surface area (Å²) < 4.78 is 14.8. The van der Waals surface area contributed by atoms with E-state index in [1.807, 2.05) is 18.5 Å². The van der Waals surface area contributed by atoms with Crippen molar-refractivity contribution in [3.63, 3.8) is 0 Å². The lowest BCUT2D eigenvalue weighted by Gasteiger charge is -2.05. The predicted octanol–water partition coefficient (Wildman–Crippen LogP) is 2.60. The molecule has 1 heterocycles. The molecule has 0 saturated heterocycles. The Labute approximate surface area is 93.7 Å². The molecule has 16 heavy (non-hydrogen) atoms. The molecule has 0 radical (unpaired) electrons. The van der Waals surface area contributed by atoms with E-state index in [-0.39, 0.29) is 5.82 Å². The van der Waals surface area contributed by atoms with Crippen LogP contribution in [0.2, 0.25) is 0 Å². The van der Waals surface area contributed by atoms with Crippen LogP contribution in [-0.4, -0.2) is 9.78 Å². The van der Waals surface area contributed by atoms with Crippen LogP contribution < -0.4 is 5.73 Å². The van der Waals surface area contributed by atoms with Crippen LogP contribution in [0.5, 0.6) is 0 Å². The fourth-order valence-corrected chi connectivity index (χ4v) is 1.81. The summed E-state index contributed by atoms with van der Waals surface area (Å²) in [7, 11) is 0. The SMILES string of the molecule is CCn1ncc(-c2ccc(F)cc2N)c1C. The first-order valence-corrected chi connectivity index (χ1v) is 5.21. The first-order valence-electron chi connectivity index (χ1n) is 5.21.